The third-order valence-electron chi connectivity index (χ3n) is 24.5. The maximum Gasteiger partial charge on any atom is 0.456 e. The van der Waals surface area contributed by atoms with Crippen LogP contribution in [0.5, 0.6) is 0 Å². The van der Waals surface area contributed by atoms with Gasteiger partial charge in [0.1, 0.15) is 11.2 Å². The largest absolute Gasteiger partial charge is 0.456 e. The van der Waals surface area contributed by atoms with Gasteiger partial charge < -0.3 is 39.4 Å². The van der Waals surface area contributed by atoms with Gasteiger partial charge in [0.05, 0.1) is 42.5 Å². The van der Waals surface area contributed by atoms with Crippen molar-refractivity contribution in [3.05, 3.63) is 112 Å². The van der Waals surface area contributed by atoms with Crippen molar-refractivity contribution in [2.75, 3.05) is 38.9 Å². The Hall–Kier alpha value is -3.43. The third kappa shape index (κ3) is 11.6. The van der Waals surface area contributed by atoms with Crippen molar-refractivity contribution >= 4 is 32.5 Å². The van der Waals surface area contributed by atoms with Gasteiger partial charge in [0, 0.05) is 69.0 Å². The van der Waals surface area contributed by atoms with Crippen LogP contribution in [0.4, 0.5) is 43.9 Å². The molecule has 4 N–H and O–H groups in total. The fraction of sp³-hybridized carbons (Fsp3) is 0.690. The van der Waals surface area contributed by atoms with E-state index < -0.39 is 132 Å². The molecule has 2 aliphatic heterocycles. The SMILES string of the molecule is CSc1ccc([C@H]2C[C@@]3(C)C(CC[C@@]3(O)C(F)(F)C(F)(F)F)C3CC[C@@]4(O)CC5(CCC4=C32)OCC(C)(C)CO5)cc1.Cc1ccc(S(=O)(=O)N=S(C)c2ccc([C@H]3C[C@@]4(C)C(CC[C@@]4(O)C(F)(F)C(F)(F)F)C4CC[C@@]5(O)CC6(CCC5=C43)OCC(C)(C)CO6)cc2)cc1. The molecule has 2 heterocycles. The monoisotopic (exact) mass is 1400 g/mol. The van der Waals surface area contributed by atoms with Gasteiger partial charge in [-0.1, -0.05) is 105 Å². The van der Waals surface area contributed by atoms with E-state index >= 15 is 17.6 Å². The van der Waals surface area contributed by atoms with Crippen molar-refractivity contribution in [1.82, 2.24) is 0 Å². The molecule has 13 rings (SSSR count). The second-order valence-electron chi connectivity index (χ2n) is 31.6. The Balaban J connectivity index is 0.000000187. The molecule has 8 aliphatic carbocycles. The second-order valence-corrected chi connectivity index (χ2v) is 35.9. The van der Waals surface area contributed by atoms with Gasteiger partial charge in [0.25, 0.3) is 10.0 Å². The van der Waals surface area contributed by atoms with E-state index in [-0.39, 0.29) is 66.6 Å². The topological polar surface area (TPSA) is 164 Å². The highest BCUT2D eigenvalue weighted by molar-refractivity contribution is 8.00. The molecule has 0 amide bonds. The fourth-order valence-electron chi connectivity index (χ4n) is 19.3. The Bertz CT molecular complexity index is 3650. The van der Waals surface area contributed by atoms with Gasteiger partial charge in [0.2, 0.25) is 0 Å². The van der Waals surface area contributed by atoms with Crippen molar-refractivity contribution in [3.63, 3.8) is 0 Å². The number of benzene rings is 3. The lowest BCUT2D eigenvalue weighted by molar-refractivity contribution is -0.362. The lowest BCUT2D eigenvalue weighted by Crippen LogP contribution is -2.65. The van der Waals surface area contributed by atoms with Crippen LogP contribution in [0.2, 0.25) is 0 Å². The van der Waals surface area contributed by atoms with E-state index in [1.165, 1.54) is 26.0 Å². The Kier molecular flexibility index (Phi) is 17.7. The first-order valence-corrected chi connectivity index (χ1v) is 37.4. The van der Waals surface area contributed by atoms with Gasteiger partial charge in [-0.05, 0) is 179 Å². The molecular weight excluding hydrogens is 1310 g/mol. The maximum atomic E-state index is 15.5. The average molecular weight is 1400 g/mol. The average Bonchev–Trinajstić information content (AvgIpc) is 1.63. The first kappa shape index (κ1) is 71.4. The zero-order valence-corrected chi connectivity index (χ0v) is 57.7. The lowest BCUT2D eigenvalue weighted by atomic mass is 9.49. The smallest absolute Gasteiger partial charge is 0.385 e. The molecule has 526 valence electrons. The summed E-state index contributed by atoms with van der Waals surface area (Å²) in [4.78, 5) is 1.66. The van der Waals surface area contributed by atoms with Crippen LogP contribution in [0.1, 0.15) is 173 Å². The van der Waals surface area contributed by atoms with E-state index in [2.05, 4.69) is 17.6 Å². The zero-order chi connectivity index (χ0) is 69.2. The summed E-state index contributed by atoms with van der Waals surface area (Å²) < 4.78 is 200. The van der Waals surface area contributed by atoms with Crippen LogP contribution in [-0.4, -0.2) is 126 Å². The number of allylic oxidation sites excluding steroid dienone is 2. The van der Waals surface area contributed by atoms with E-state index in [1.807, 2.05) is 51.3 Å². The molecule has 0 radical (unpaired) electrons. The van der Waals surface area contributed by atoms with E-state index in [0.29, 0.717) is 81.8 Å². The van der Waals surface area contributed by atoms with Gasteiger partial charge in [0.15, 0.2) is 11.6 Å². The number of halogens is 10. The molecule has 3 aromatic rings. The Morgan fingerprint density at radius 2 is 0.916 bits per heavy atom. The number of fused-ring (bicyclic) bond motifs is 8. The first-order chi connectivity index (χ1) is 43.9. The van der Waals surface area contributed by atoms with Crippen LogP contribution in [0.3, 0.4) is 0 Å². The predicted molar refractivity (Wildman–Crippen MR) is 339 cm³/mol. The summed E-state index contributed by atoms with van der Waals surface area (Å²) in [6.07, 6.45) is -6.02. The van der Waals surface area contributed by atoms with E-state index in [4.69, 9.17) is 18.9 Å². The van der Waals surface area contributed by atoms with Gasteiger partial charge in [-0.3, -0.25) is 0 Å². The normalized spacial score (nSPS) is 36.9. The highest BCUT2D eigenvalue weighted by atomic mass is 32.3. The molecular formula is C71H89F10NO10S3. The molecule has 2 saturated heterocycles. The molecule has 24 heteroatoms. The molecule has 3 aromatic carbocycles. The molecule has 0 bridgehead atoms. The van der Waals surface area contributed by atoms with Crippen molar-refractivity contribution < 1.29 is 91.7 Å². The van der Waals surface area contributed by atoms with Gasteiger partial charge in [-0.2, -0.15) is 52.3 Å². The summed E-state index contributed by atoms with van der Waals surface area (Å²) in [5.74, 6) is -15.7. The number of rotatable bonds is 8. The summed E-state index contributed by atoms with van der Waals surface area (Å²) in [5, 5.41) is 47.8. The summed E-state index contributed by atoms with van der Waals surface area (Å²) >= 11 is 1.55. The number of sulfonamides is 1. The number of thioether (sulfide) groups is 1. The quantitative estimate of drug-likeness (QED) is 0.0964. The van der Waals surface area contributed by atoms with Crippen LogP contribution in [0, 0.1) is 52.3 Å². The van der Waals surface area contributed by atoms with Crippen LogP contribution >= 0.6 is 11.8 Å². The summed E-state index contributed by atoms with van der Waals surface area (Å²) in [5.41, 5.74) is -7.17. The van der Waals surface area contributed by atoms with Gasteiger partial charge in [-0.15, -0.1) is 15.5 Å². The van der Waals surface area contributed by atoms with Crippen LogP contribution in [0.25, 0.3) is 0 Å². The minimum atomic E-state index is -5.95. The first-order valence-electron chi connectivity index (χ1n) is 33.1. The molecule has 2 spiro atoms. The van der Waals surface area contributed by atoms with Crippen molar-refractivity contribution in [1.29, 1.82) is 0 Å². The maximum absolute atomic E-state index is 15.5. The van der Waals surface area contributed by atoms with Crippen molar-refractivity contribution in [2.24, 2.45) is 49.1 Å². The second kappa shape index (κ2) is 23.6. The molecule has 13 atom stereocenters. The van der Waals surface area contributed by atoms with Crippen molar-refractivity contribution in [3.8, 4) is 0 Å². The zero-order valence-electron chi connectivity index (χ0n) is 55.2. The van der Waals surface area contributed by atoms with E-state index in [0.717, 1.165) is 38.3 Å². The molecule has 0 aromatic heterocycles. The Labute approximate surface area is 557 Å². The lowest BCUT2D eigenvalue weighted by Gasteiger charge is -2.59. The van der Waals surface area contributed by atoms with Gasteiger partial charge >= 0.3 is 24.2 Å². The van der Waals surface area contributed by atoms with Gasteiger partial charge in [-0.25, -0.2) is 0 Å². The number of ether oxygens (including phenoxy) is 4. The molecule has 10 aliphatic rings. The number of hydrogen-bond acceptors (Lipinski definition) is 11. The highest BCUT2D eigenvalue weighted by Gasteiger charge is 2.81. The standard InChI is InChI=1S/C39H48F5NO6S2.C32H41F5O4S/c1-24-6-12-27(13-7-24)53(48,49)45-52(5)26-10-8-25(9-11-26)29-20-34(4)30(16-19-37(34,47)38(40,41)39(42,43)44)28-14-17-35(46)21-36(18-15-31(35)32(28)29)50-22-33(2,3)23-51-36;1-26(2)17-40-29(41-18-26)13-10-24-25-21(9-12-28(24,38)16-29)23-11-14-30(39,31(33,34)32(35,36)37)27(23,3)15-22(25)19-5-7-20(42-4)8-6-19/h6-13,28-30,46-47H,14-23H2,1-5H3;5-8,21-23,38-39H,9-18H2,1-4H3/t28?,29-,30?,34+,35-,37+,52?;21?,22-,23?,27+,28-,30+/m11/s1. The van der Waals surface area contributed by atoms with Crippen LogP contribution < -0.4 is 0 Å². The van der Waals surface area contributed by atoms with Crippen LogP contribution in [0.15, 0.2) is 114 Å². The highest BCUT2D eigenvalue weighted by Crippen LogP contribution is 2.74. The minimum Gasteiger partial charge on any atom is -0.385 e. The number of nitrogens with zero attached hydrogens (tertiary/aromatic N) is 1. The molecule has 6 saturated carbocycles. The molecule has 95 heavy (non-hydrogen) atoms. The Morgan fingerprint density at radius 3 is 1.28 bits per heavy atom. The number of aryl methyl sites for hydroxylation is 1. The predicted octanol–water partition coefficient (Wildman–Crippen LogP) is 16.0. The fourth-order valence-corrected chi connectivity index (χ4v) is 22.6. The minimum absolute atomic E-state index is 0.00889. The molecule has 8 fully saturated rings. The third-order valence-corrected chi connectivity index (χ3v) is 28.7. The Morgan fingerprint density at radius 1 is 0.537 bits per heavy atom. The molecule has 5 unspecified atom stereocenters. The van der Waals surface area contributed by atoms with Crippen molar-refractivity contribution in [2.45, 2.75) is 236 Å². The summed E-state index contributed by atoms with van der Waals surface area (Å²) in [6, 6.07) is 21.0. The number of hydrogen-bond donors (Lipinski definition) is 4. The molecule has 11 nitrogen and oxygen atoms in total. The summed E-state index contributed by atoms with van der Waals surface area (Å²) in [7, 11) is -5.08. The summed E-state index contributed by atoms with van der Waals surface area (Å²) in [6.45, 7) is 14.8. The number of alkyl halides is 10. The van der Waals surface area contributed by atoms with E-state index in [1.54, 1.807) is 54.4 Å². The van der Waals surface area contributed by atoms with Crippen LogP contribution in [-0.2, 0) is 39.7 Å². The number of aliphatic hydroxyl groups is 4. The van der Waals surface area contributed by atoms with E-state index in [9.17, 15) is 55.2 Å².